The number of rotatable bonds is 0. The molecule has 0 amide bonds. The summed E-state index contributed by atoms with van der Waals surface area (Å²) in [6, 6.07) is 0. The molecule has 12 heavy (non-hydrogen) atoms. The largest absolute Gasteiger partial charge is 0.300 e. The first-order valence-corrected chi connectivity index (χ1v) is 4.36. The molecule has 2 fully saturated rings. The number of hydrogen-bond acceptors (Lipinski definition) is 2. The van der Waals surface area contributed by atoms with E-state index in [4.69, 9.17) is 0 Å². The Kier molecular flexibility index (Phi) is 1.31. The molecule has 2 aliphatic carbocycles. The Hall–Kier alpha value is -0.660. The molecule has 2 aliphatic rings. The predicted octanol–water partition coefficient (Wildman–Crippen LogP) is 1.54. The lowest BCUT2D eigenvalue weighted by atomic mass is 9.71. The minimum absolute atomic E-state index is 0.0683. The van der Waals surface area contributed by atoms with E-state index in [0.29, 0.717) is 25.0 Å². The van der Waals surface area contributed by atoms with Gasteiger partial charge < -0.3 is 0 Å². The number of hydrogen-bond donors (Lipinski definition) is 0. The fraction of sp³-hybridized carbons (Fsp3) is 0.700. The summed E-state index contributed by atoms with van der Waals surface area (Å²) >= 11 is 0. The number of Topliss-reactive ketones (excluding diaryl/α,β-unsaturated/α-hetero) is 2. The molecule has 0 aromatic heterocycles. The number of fused-ring (bicyclic) bond motifs is 1. The molecule has 1 radical (unpaired) electrons. The van der Waals surface area contributed by atoms with Crippen LogP contribution in [0.1, 0.15) is 33.1 Å². The van der Waals surface area contributed by atoms with E-state index in [1.54, 1.807) is 6.42 Å². The van der Waals surface area contributed by atoms with Gasteiger partial charge >= 0.3 is 0 Å². The monoisotopic (exact) mass is 165 g/mol. The second-order valence-corrected chi connectivity index (χ2v) is 4.66. The Morgan fingerprint density at radius 2 is 1.83 bits per heavy atom. The van der Waals surface area contributed by atoms with Crippen molar-refractivity contribution in [2.45, 2.75) is 33.1 Å². The summed E-state index contributed by atoms with van der Waals surface area (Å²) in [6.07, 6.45) is 3.48. The molecule has 0 aromatic carbocycles. The van der Waals surface area contributed by atoms with E-state index in [0.717, 1.165) is 0 Å². The first-order chi connectivity index (χ1) is 5.45. The number of carbonyl (C=O) groups is 2. The highest BCUT2D eigenvalue weighted by Crippen LogP contribution is 2.59. The van der Waals surface area contributed by atoms with Crippen LogP contribution in [0.3, 0.4) is 0 Å². The summed E-state index contributed by atoms with van der Waals surface area (Å²) in [5.41, 5.74) is -0.206. The average Bonchev–Trinajstić information content (AvgIpc) is 2.09. The maximum Gasteiger partial charge on any atom is 0.137 e. The van der Waals surface area contributed by atoms with Crippen LogP contribution in [0.2, 0.25) is 0 Å². The summed E-state index contributed by atoms with van der Waals surface area (Å²) in [5.74, 6) is 0.524. The van der Waals surface area contributed by atoms with Crippen molar-refractivity contribution in [2.24, 2.45) is 10.8 Å². The van der Waals surface area contributed by atoms with Gasteiger partial charge in [0.05, 0.1) is 0 Å². The van der Waals surface area contributed by atoms with Gasteiger partial charge in [-0.1, -0.05) is 13.8 Å². The van der Waals surface area contributed by atoms with Crippen LogP contribution in [0.25, 0.3) is 0 Å². The highest BCUT2D eigenvalue weighted by molar-refractivity contribution is 5.96. The normalized spacial score (nSPS) is 46.8. The zero-order chi connectivity index (χ0) is 8.98. The van der Waals surface area contributed by atoms with E-state index >= 15 is 0 Å². The van der Waals surface area contributed by atoms with Crippen molar-refractivity contribution in [3.05, 3.63) is 6.42 Å². The van der Waals surface area contributed by atoms with Crippen LogP contribution in [-0.2, 0) is 9.59 Å². The zero-order valence-corrected chi connectivity index (χ0v) is 7.52. The Labute approximate surface area is 72.3 Å². The van der Waals surface area contributed by atoms with E-state index in [-0.39, 0.29) is 16.6 Å². The second kappa shape index (κ2) is 1.98. The third-order valence-corrected chi connectivity index (χ3v) is 3.57. The third-order valence-electron chi connectivity index (χ3n) is 3.57. The summed E-state index contributed by atoms with van der Waals surface area (Å²) in [4.78, 5) is 22.4. The van der Waals surface area contributed by atoms with Gasteiger partial charge in [-0.3, -0.25) is 9.59 Å². The van der Waals surface area contributed by atoms with Crippen LogP contribution in [0.15, 0.2) is 0 Å². The van der Waals surface area contributed by atoms with Crippen molar-refractivity contribution in [1.82, 2.24) is 0 Å². The Morgan fingerprint density at radius 3 is 2.42 bits per heavy atom. The summed E-state index contributed by atoms with van der Waals surface area (Å²) in [5, 5.41) is 0. The quantitative estimate of drug-likeness (QED) is 0.545. The van der Waals surface area contributed by atoms with Gasteiger partial charge in [-0.2, -0.15) is 0 Å². The Morgan fingerprint density at radius 1 is 1.17 bits per heavy atom. The molecule has 2 nitrogen and oxygen atoms in total. The van der Waals surface area contributed by atoms with Gasteiger partial charge in [0.25, 0.3) is 0 Å². The van der Waals surface area contributed by atoms with Crippen molar-refractivity contribution in [2.75, 3.05) is 0 Å². The van der Waals surface area contributed by atoms with Crippen molar-refractivity contribution in [3.8, 4) is 0 Å². The molecule has 0 spiro atoms. The molecule has 2 unspecified atom stereocenters. The van der Waals surface area contributed by atoms with Crippen LogP contribution >= 0.6 is 0 Å². The highest BCUT2D eigenvalue weighted by Gasteiger charge is 2.58. The molecule has 0 N–H and O–H groups in total. The smallest absolute Gasteiger partial charge is 0.137 e. The maximum absolute atomic E-state index is 11.2. The third kappa shape index (κ3) is 0.809. The van der Waals surface area contributed by atoms with Gasteiger partial charge in [0.1, 0.15) is 11.6 Å². The first-order valence-electron chi connectivity index (χ1n) is 4.36. The van der Waals surface area contributed by atoms with Gasteiger partial charge in [-0.05, 0) is 10.8 Å². The Balaban J connectivity index is 2.38. The van der Waals surface area contributed by atoms with Crippen LogP contribution in [0, 0.1) is 17.3 Å². The second-order valence-electron chi connectivity index (χ2n) is 4.66. The molecule has 2 rings (SSSR count). The molecule has 2 heteroatoms. The molecule has 0 bridgehead atoms. The van der Waals surface area contributed by atoms with Crippen LogP contribution in [0.5, 0.6) is 0 Å². The lowest BCUT2D eigenvalue weighted by Crippen LogP contribution is -2.25. The van der Waals surface area contributed by atoms with Crippen molar-refractivity contribution < 1.29 is 9.59 Å². The van der Waals surface area contributed by atoms with Gasteiger partial charge in [0.2, 0.25) is 0 Å². The van der Waals surface area contributed by atoms with E-state index in [1.807, 2.05) is 6.92 Å². The van der Waals surface area contributed by atoms with Crippen LogP contribution in [0.4, 0.5) is 0 Å². The number of ketones is 2. The fourth-order valence-electron chi connectivity index (χ4n) is 2.60. The summed E-state index contributed by atoms with van der Waals surface area (Å²) < 4.78 is 0. The molecule has 2 saturated carbocycles. The molecule has 65 valence electrons. The van der Waals surface area contributed by atoms with Crippen LogP contribution < -0.4 is 0 Å². The first kappa shape index (κ1) is 7.96. The average molecular weight is 165 g/mol. The standard InChI is InChI=1S/C10H13O2/c1-9-3-7(11)5-10(9,2)6-8(12)4-9/h3H,4-6H2,1-2H3. The predicted molar refractivity (Wildman–Crippen MR) is 44.4 cm³/mol. The molecule has 0 saturated heterocycles. The SMILES string of the molecule is CC12[CH]C(=O)CC1(C)CC(=O)C2. The molecule has 0 heterocycles. The fourth-order valence-corrected chi connectivity index (χ4v) is 2.60. The number of carbonyl (C=O) groups excluding carboxylic acids is 2. The Bertz CT molecular complexity index is 221. The topological polar surface area (TPSA) is 34.1 Å². The van der Waals surface area contributed by atoms with Crippen molar-refractivity contribution in [3.63, 3.8) is 0 Å². The lowest BCUT2D eigenvalue weighted by Gasteiger charge is -2.31. The van der Waals surface area contributed by atoms with Gasteiger partial charge in [-0.25, -0.2) is 0 Å². The molecular weight excluding hydrogens is 152 g/mol. The molecular formula is C10H13O2. The van der Waals surface area contributed by atoms with Gasteiger partial charge in [0, 0.05) is 25.7 Å². The summed E-state index contributed by atoms with van der Waals surface area (Å²) in [6.45, 7) is 4.09. The van der Waals surface area contributed by atoms with Crippen molar-refractivity contribution >= 4 is 11.6 Å². The van der Waals surface area contributed by atoms with Crippen LogP contribution in [-0.4, -0.2) is 11.6 Å². The zero-order valence-electron chi connectivity index (χ0n) is 7.52. The van der Waals surface area contributed by atoms with E-state index < -0.39 is 0 Å². The minimum Gasteiger partial charge on any atom is -0.300 e. The highest BCUT2D eigenvalue weighted by atomic mass is 16.1. The van der Waals surface area contributed by atoms with E-state index in [9.17, 15) is 9.59 Å². The molecule has 0 aromatic rings. The lowest BCUT2D eigenvalue weighted by molar-refractivity contribution is -0.119. The van der Waals surface area contributed by atoms with Gasteiger partial charge in [-0.15, -0.1) is 0 Å². The van der Waals surface area contributed by atoms with E-state index in [1.165, 1.54) is 0 Å². The maximum atomic E-state index is 11.2. The molecule has 2 atom stereocenters. The minimum atomic E-state index is -0.138. The molecule has 0 aliphatic heterocycles. The van der Waals surface area contributed by atoms with Gasteiger partial charge in [0.15, 0.2) is 0 Å². The van der Waals surface area contributed by atoms with Crippen molar-refractivity contribution in [1.29, 1.82) is 0 Å². The summed E-state index contributed by atoms with van der Waals surface area (Å²) in [7, 11) is 0. The van der Waals surface area contributed by atoms with E-state index in [2.05, 4.69) is 6.92 Å².